The zero-order chi connectivity index (χ0) is 21.5. The van der Waals surface area contributed by atoms with Crippen LogP contribution in [0.3, 0.4) is 0 Å². The highest BCUT2D eigenvalue weighted by Crippen LogP contribution is 2.29. The van der Waals surface area contributed by atoms with Gasteiger partial charge in [-0.2, -0.15) is 0 Å². The molecule has 0 aliphatic carbocycles. The summed E-state index contributed by atoms with van der Waals surface area (Å²) in [7, 11) is 0. The minimum Gasteiger partial charge on any atom is -0.353 e. The lowest BCUT2D eigenvalue weighted by atomic mass is 10.0. The number of aromatic nitrogens is 1. The van der Waals surface area contributed by atoms with Crippen molar-refractivity contribution in [1.82, 2.24) is 15.2 Å². The van der Waals surface area contributed by atoms with Crippen molar-refractivity contribution in [2.24, 2.45) is 0 Å². The number of carbonyl (C=O) groups excluding carboxylic acids is 2. The molecular weight excluding hydrogens is 406 g/mol. The van der Waals surface area contributed by atoms with Gasteiger partial charge in [-0.1, -0.05) is 60.3 Å². The van der Waals surface area contributed by atoms with E-state index in [1.54, 1.807) is 12.3 Å². The van der Waals surface area contributed by atoms with Crippen molar-refractivity contribution < 1.29 is 9.59 Å². The minimum absolute atomic E-state index is 0.000549. The van der Waals surface area contributed by atoms with E-state index in [9.17, 15) is 9.59 Å². The molecule has 2 amide bonds. The fourth-order valence-electron chi connectivity index (χ4n) is 3.69. The molecule has 5 nitrogen and oxygen atoms in total. The monoisotopic (exact) mass is 431 g/mol. The van der Waals surface area contributed by atoms with Crippen molar-refractivity contribution in [3.8, 4) is 0 Å². The van der Waals surface area contributed by atoms with Crippen LogP contribution in [0.25, 0.3) is 0 Å². The van der Waals surface area contributed by atoms with Crippen LogP contribution in [0.15, 0.2) is 88.9 Å². The average Bonchev–Trinajstić information content (AvgIpc) is 2.81. The standard InChI is InChI=1S/C25H25N3O2S/c29-23(18-19-8-3-1-4-9-19)27-20-13-16-28(17-14-20)25(30)22-12-7-15-26-24(22)31-21-10-5-2-6-11-21/h1-12,15,20H,13-14,16-18H2,(H,27,29). The first-order valence-electron chi connectivity index (χ1n) is 10.5. The van der Waals surface area contributed by atoms with E-state index in [0.717, 1.165) is 28.3 Å². The summed E-state index contributed by atoms with van der Waals surface area (Å²) < 4.78 is 0. The fraction of sp³-hybridized carbons (Fsp3) is 0.240. The molecule has 1 saturated heterocycles. The van der Waals surface area contributed by atoms with Crippen LogP contribution < -0.4 is 5.32 Å². The van der Waals surface area contributed by atoms with Crippen molar-refractivity contribution in [3.63, 3.8) is 0 Å². The van der Waals surface area contributed by atoms with Crippen molar-refractivity contribution in [2.75, 3.05) is 13.1 Å². The summed E-state index contributed by atoms with van der Waals surface area (Å²) in [5, 5.41) is 3.84. The number of piperidine rings is 1. The third-order valence-electron chi connectivity index (χ3n) is 5.31. The Labute approximate surface area is 186 Å². The second-order valence-electron chi connectivity index (χ2n) is 7.57. The molecule has 1 aliphatic heterocycles. The molecule has 0 unspecified atom stereocenters. The van der Waals surface area contributed by atoms with Gasteiger partial charge in [0, 0.05) is 30.2 Å². The quantitative estimate of drug-likeness (QED) is 0.636. The Balaban J connectivity index is 1.33. The third-order valence-corrected chi connectivity index (χ3v) is 6.34. The highest BCUT2D eigenvalue weighted by molar-refractivity contribution is 7.99. The number of benzene rings is 2. The number of carbonyl (C=O) groups is 2. The Morgan fingerprint density at radius 1 is 0.935 bits per heavy atom. The second-order valence-corrected chi connectivity index (χ2v) is 8.63. The van der Waals surface area contributed by atoms with Gasteiger partial charge in [0.05, 0.1) is 12.0 Å². The van der Waals surface area contributed by atoms with Gasteiger partial charge in [-0.3, -0.25) is 9.59 Å². The SMILES string of the molecule is O=C(Cc1ccccc1)NC1CCN(C(=O)c2cccnc2Sc2ccccc2)CC1. The molecule has 1 aromatic heterocycles. The van der Waals surface area contributed by atoms with Gasteiger partial charge in [0.15, 0.2) is 0 Å². The molecule has 31 heavy (non-hydrogen) atoms. The van der Waals surface area contributed by atoms with Crippen LogP contribution in [-0.2, 0) is 11.2 Å². The molecule has 1 N–H and O–H groups in total. The van der Waals surface area contributed by atoms with Crippen molar-refractivity contribution >= 4 is 23.6 Å². The average molecular weight is 432 g/mol. The van der Waals surface area contributed by atoms with E-state index < -0.39 is 0 Å². The summed E-state index contributed by atoms with van der Waals surface area (Å²) in [4.78, 5) is 32.9. The second kappa shape index (κ2) is 10.3. The van der Waals surface area contributed by atoms with Gasteiger partial charge in [-0.15, -0.1) is 0 Å². The Bertz CT molecular complexity index is 1020. The maximum atomic E-state index is 13.2. The van der Waals surface area contributed by atoms with Crippen LogP contribution in [0.5, 0.6) is 0 Å². The Morgan fingerprint density at radius 2 is 1.61 bits per heavy atom. The predicted molar refractivity (Wildman–Crippen MR) is 122 cm³/mol. The summed E-state index contributed by atoms with van der Waals surface area (Å²) in [6.07, 6.45) is 3.62. The van der Waals surface area contributed by atoms with E-state index in [4.69, 9.17) is 0 Å². The first kappa shape index (κ1) is 21.1. The topological polar surface area (TPSA) is 62.3 Å². The van der Waals surface area contributed by atoms with E-state index in [-0.39, 0.29) is 17.9 Å². The van der Waals surface area contributed by atoms with Crippen LogP contribution in [0.1, 0.15) is 28.8 Å². The van der Waals surface area contributed by atoms with Crippen LogP contribution in [0.4, 0.5) is 0 Å². The number of pyridine rings is 1. The Hall–Kier alpha value is -3.12. The van der Waals surface area contributed by atoms with Crippen molar-refractivity contribution in [3.05, 3.63) is 90.1 Å². The van der Waals surface area contributed by atoms with Gasteiger partial charge >= 0.3 is 0 Å². The predicted octanol–water partition coefficient (Wildman–Crippen LogP) is 4.20. The number of hydrogen-bond acceptors (Lipinski definition) is 4. The minimum atomic E-state index is 0.000549. The zero-order valence-corrected chi connectivity index (χ0v) is 18.1. The van der Waals surface area contributed by atoms with E-state index in [1.165, 1.54) is 11.8 Å². The molecule has 2 heterocycles. The van der Waals surface area contributed by atoms with E-state index in [1.807, 2.05) is 71.6 Å². The van der Waals surface area contributed by atoms with Gasteiger partial charge in [-0.25, -0.2) is 4.98 Å². The number of likely N-dealkylation sites (tertiary alicyclic amines) is 1. The molecule has 0 spiro atoms. The van der Waals surface area contributed by atoms with Gasteiger partial charge in [0.25, 0.3) is 5.91 Å². The lowest BCUT2D eigenvalue weighted by molar-refractivity contribution is -0.121. The summed E-state index contributed by atoms with van der Waals surface area (Å²) >= 11 is 1.50. The third kappa shape index (κ3) is 5.73. The van der Waals surface area contributed by atoms with Gasteiger partial charge in [0.1, 0.15) is 5.03 Å². The lowest BCUT2D eigenvalue weighted by Crippen LogP contribution is -2.47. The van der Waals surface area contributed by atoms with Gasteiger partial charge in [-0.05, 0) is 42.7 Å². The normalized spacial score (nSPS) is 14.3. The maximum Gasteiger partial charge on any atom is 0.256 e. The molecule has 4 rings (SSSR count). The summed E-state index contributed by atoms with van der Waals surface area (Å²) in [6.45, 7) is 1.25. The first-order valence-corrected chi connectivity index (χ1v) is 11.3. The molecule has 3 aromatic rings. The molecule has 2 aromatic carbocycles. The van der Waals surface area contributed by atoms with Crippen molar-refractivity contribution in [2.45, 2.75) is 35.2 Å². The van der Waals surface area contributed by atoms with E-state index in [0.29, 0.717) is 25.1 Å². The smallest absolute Gasteiger partial charge is 0.256 e. The molecule has 0 radical (unpaired) electrons. The van der Waals surface area contributed by atoms with Crippen molar-refractivity contribution in [1.29, 1.82) is 0 Å². The number of hydrogen-bond donors (Lipinski definition) is 1. The lowest BCUT2D eigenvalue weighted by Gasteiger charge is -2.32. The number of rotatable bonds is 6. The highest BCUT2D eigenvalue weighted by Gasteiger charge is 2.26. The molecule has 1 aliphatic rings. The summed E-state index contributed by atoms with van der Waals surface area (Å²) in [5.41, 5.74) is 1.63. The molecular formula is C25H25N3O2S. The largest absolute Gasteiger partial charge is 0.353 e. The van der Waals surface area contributed by atoms with E-state index in [2.05, 4.69) is 10.3 Å². The fourth-order valence-corrected chi connectivity index (χ4v) is 4.59. The van der Waals surface area contributed by atoms with Crippen LogP contribution in [0.2, 0.25) is 0 Å². The summed E-state index contributed by atoms with van der Waals surface area (Å²) in [5.74, 6) is 0.0328. The Morgan fingerprint density at radius 3 is 2.32 bits per heavy atom. The molecule has 1 fully saturated rings. The molecule has 0 bridgehead atoms. The van der Waals surface area contributed by atoms with Crippen LogP contribution in [0, 0.1) is 0 Å². The van der Waals surface area contributed by atoms with Gasteiger partial charge in [0.2, 0.25) is 5.91 Å². The number of nitrogens with zero attached hydrogens (tertiary/aromatic N) is 2. The highest BCUT2D eigenvalue weighted by atomic mass is 32.2. The zero-order valence-electron chi connectivity index (χ0n) is 17.2. The molecule has 0 saturated carbocycles. The number of nitrogens with one attached hydrogen (secondary N) is 1. The Kier molecular flexibility index (Phi) is 6.99. The number of amides is 2. The van der Waals surface area contributed by atoms with Crippen LogP contribution >= 0.6 is 11.8 Å². The van der Waals surface area contributed by atoms with E-state index >= 15 is 0 Å². The van der Waals surface area contributed by atoms with Gasteiger partial charge < -0.3 is 10.2 Å². The summed E-state index contributed by atoms with van der Waals surface area (Å²) in [6, 6.07) is 23.4. The molecule has 6 heteroatoms. The maximum absolute atomic E-state index is 13.2. The first-order chi connectivity index (χ1) is 15.2. The molecule has 158 valence electrons. The molecule has 0 atom stereocenters. The van der Waals surface area contributed by atoms with Crippen LogP contribution in [-0.4, -0.2) is 40.8 Å².